The van der Waals surface area contributed by atoms with Gasteiger partial charge in [0.15, 0.2) is 0 Å². The lowest BCUT2D eigenvalue weighted by Crippen LogP contribution is -2.29. The van der Waals surface area contributed by atoms with Gasteiger partial charge in [0.2, 0.25) is 10.0 Å². The van der Waals surface area contributed by atoms with Gasteiger partial charge in [0.05, 0.1) is 4.90 Å². The fraction of sp³-hybridized carbons (Fsp3) is 0.0714. The number of benzene rings is 4. The molecule has 0 saturated heterocycles. The number of carbonyl (C=O) groups is 2. The number of primary sulfonamides is 1. The maximum atomic E-state index is 13.0. The topological polar surface area (TPSA) is 128 Å². The zero-order valence-electron chi connectivity index (χ0n) is 20.7. The predicted molar refractivity (Wildman–Crippen MR) is 143 cm³/mol. The van der Waals surface area contributed by atoms with Crippen molar-refractivity contribution in [1.29, 1.82) is 0 Å². The highest BCUT2D eigenvalue weighted by Gasteiger charge is 2.16. The number of rotatable bonds is 7. The number of nitrogens with zero attached hydrogens (tertiary/aromatic N) is 1. The van der Waals surface area contributed by atoms with Crippen LogP contribution in [0.5, 0.6) is 11.5 Å². The summed E-state index contributed by atoms with van der Waals surface area (Å²) in [4.78, 5) is 26.1. The number of nitrogens with one attached hydrogen (secondary N) is 1. The van der Waals surface area contributed by atoms with Crippen molar-refractivity contribution in [1.82, 2.24) is 4.90 Å². The summed E-state index contributed by atoms with van der Waals surface area (Å²) in [6.07, 6.45) is -1.37. The molecule has 0 saturated carbocycles. The summed E-state index contributed by atoms with van der Waals surface area (Å²) >= 11 is 0. The Morgan fingerprint density at radius 2 is 1.51 bits per heavy atom. The molecule has 4 rings (SSSR count). The van der Waals surface area contributed by atoms with E-state index >= 15 is 0 Å². The quantitative estimate of drug-likeness (QED) is 0.319. The number of halogens is 1. The molecule has 39 heavy (non-hydrogen) atoms. The van der Waals surface area contributed by atoms with Crippen molar-refractivity contribution in [3.8, 4) is 22.6 Å². The molecule has 0 aromatic heterocycles. The SMILES string of the molecule is CN(Cc1cccc(NC(=O)Oc2ccc(F)cc2)c1)C(=O)Oc1ccc(-c2ccccc2S(N)(=O)=O)cc1. The Morgan fingerprint density at radius 3 is 2.21 bits per heavy atom. The summed E-state index contributed by atoms with van der Waals surface area (Å²) in [5.41, 5.74) is 2.18. The van der Waals surface area contributed by atoms with E-state index in [0.717, 1.165) is 0 Å². The summed E-state index contributed by atoms with van der Waals surface area (Å²) in [6.45, 7) is 0.182. The Hall–Kier alpha value is -4.74. The van der Waals surface area contributed by atoms with Crippen molar-refractivity contribution >= 4 is 27.9 Å². The predicted octanol–water partition coefficient (Wildman–Crippen LogP) is 5.38. The van der Waals surface area contributed by atoms with Crippen LogP contribution < -0.4 is 19.9 Å². The number of amides is 2. The molecule has 0 heterocycles. The van der Waals surface area contributed by atoms with E-state index in [9.17, 15) is 22.4 Å². The Labute approximate surface area is 224 Å². The van der Waals surface area contributed by atoms with Crippen LogP contribution in [0.4, 0.5) is 19.7 Å². The Bertz CT molecular complexity index is 1590. The number of sulfonamides is 1. The van der Waals surface area contributed by atoms with Crippen LogP contribution in [0.3, 0.4) is 0 Å². The van der Waals surface area contributed by atoms with Crippen LogP contribution >= 0.6 is 0 Å². The van der Waals surface area contributed by atoms with E-state index in [-0.39, 0.29) is 22.9 Å². The minimum absolute atomic E-state index is 0.00471. The smallest absolute Gasteiger partial charge is 0.410 e. The number of hydrogen-bond acceptors (Lipinski definition) is 6. The molecule has 11 heteroatoms. The standard InChI is InChI=1S/C28H24FN3O6S/c1-32(18-19-5-4-6-22(17-19)31-27(33)37-23-15-11-21(29)12-16-23)28(34)38-24-13-9-20(10-14-24)25-7-2-3-8-26(25)39(30,35)36/h2-17H,18H2,1H3,(H,31,33)(H2,30,35,36). The monoisotopic (exact) mass is 549 g/mol. The van der Waals surface area contributed by atoms with Crippen LogP contribution in [-0.4, -0.2) is 32.6 Å². The summed E-state index contributed by atoms with van der Waals surface area (Å²) < 4.78 is 47.3. The number of ether oxygens (including phenoxy) is 2. The first-order chi connectivity index (χ1) is 18.6. The zero-order valence-corrected chi connectivity index (χ0v) is 21.5. The van der Waals surface area contributed by atoms with Crippen molar-refractivity contribution < 1.29 is 31.9 Å². The molecule has 4 aromatic rings. The van der Waals surface area contributed by atoms with Crippen LogP contribution in [0, 0.1) is 5.82 Å². The fourth-order valence-electron chi connectivity index (χ4n) is 3.67. The Morgan fingerprint density at radius 1 is 0.872 bits per heavy atom. The van der Waals surface area contributed by atoms with Gasteiger partial charge in [-0.05, 0) is 65.7 Å². The molecular weight excluding hydrogens is 525 g/mol. The summed E-state index contributed by atoms with van der Waals surface area (Å²) in [5.74, 6) is 0.0119. The minimum atomic E-state index is -3.91. The van der Waals surface area contributed by atoms with E-state index in [1.807, 2.05) is 0 Å². The summed E-state index contributed by atoms with van der Waals surface area (Å²) in [6, 6.07) is 24.6. The average Bonchev–Trinajstić information content (AvgIpc) is 2.90. The van der Waals surface area contributed by atoms with E-state index in [4.69, 9.17) is 14.6 Å². The minimum Gasteiger partial charge on any atom is -0.410 e. The number of hydrogen-bond donors (Lipinski definition) is 2. The second-order valence-corrected chi connectivity index (χ2v) is 9.99. The van der Waals surface area contributed by atoms with Gasteiger partial charge in [-0.25, -0.2) is 27.5 Å². The van der Waals surface area contributed by atoms with Crippen LogP contribution in [0.25, 0.3) is 11.1 Å². The van der Waals surface area contributed by atoms with Crippen LogP contribution in [0.2, 0.25) is 0 Å². The normalized spacial score (nSPS) is 10.9. The van der Waals surface area contributed by atoms with E-state index in [2.05, 4.69) is 5.32 Å². The first-order valence-corrected chi connectivity index (χ1v) is 13.1. The molecule has 0 aliphatic rings. The van der Waals surface area contributed by atoms with Crippen molar-refractivity contribution in [2.75, 3.05) is 12.4 Å². The van der Waals surface area contributed by atoms with Crippen LogP contribution in [-0.2, 0) is 16.6 Å². The third-order valence-corrected chi connectivity index (χ3v) is 6.46. The van der Waals surface area contributed by atoms with Crippen molar-refractivity contribution in [3.05, 3.63) is 108 Å². The highest BCUT2D eigenvalue weighted by atomic mass is 32.2. The molecular formula is C28H24FN3O6S. The van der Waals surface area contributed by atoms with Gasteiger partial charge in [0.1, 0.15) is 17.3 Å². The van der Waals surface area contributed by atoms with Crippen molar-refractivity contribution in [3.63, 3.8) is 0 Å². The first kappa shape index (κ1) is 27.3. The molecule has 0 bridgehead atoms. The number of nitrogens with two attached hydrogens (primary N) is 1. The van der Waals surface area contributed by atoms with Gasteiger partial charge < -0.3 is 14.4 Å². The largest absolute Gasteiger partial charge is 0.417 e. The average molecular weight is 550 g/mol. The lowest BCUT2D eigenvalue weighted by atomic mass is 10.1. The van der Waals surface area contributed by atoms with Crippen LogP contribution in [0.1, 0.15) is 5.56 Å². The maximum Gasteiger partial charge on any atom is 0.417 e. The third kappa shape index (κ3) is 7.40. The molecule has 3 N–H and O–H groups in total. The molecule has 0 aliphatic heterocycles. The van der Waals surface area contributed by atoms with Gasteiger partial charge in [0.25, 0.3) is 0 Å². The van der Waals surface area contributed by atoms with Crippen LogP contribution in [0.15, 0.2) is 102 Å². The van der Waals surface area contributed by atoms with Gasteiger partial charge >= 0.3 is 12.2 Å². The van der Waals surface area contributed by atoms with Gasteiger partial charge in [-0.15, -0.1) is 0 Å². The molecule has 0 aliphatic carbocycles. The molecule has 0 spiro atoms. The summed E-state index contributed by atoms with van der Waals surface area (Å²) in [7, 11) is -2.35. The Kier molecular flexibility index (Phi) is 8.23. The lowest BCUT2D eigenvalue weighted by molar-refractivity contribution is 0.160. The van der Waals surface area contributed by atoms with Crippen molar-refractivity contribution in [2.24, 2.45) is 5.14 Å². The van der Waals surface area contributed by atoms with E-state index in [1.165, 1.54) is 35.2 Å². The van der Waals surface area contributed by atoms with Gasteiger partial charge in [0, 0.05) is 24.8 Å². The lowest BCUT2D eigenvalue weighted by Gasteiger charge is -2.17. The maximum absolute atomic E-state index is 13.0. The molecule has 0 atom stereocenters. The number of carbonyl (C=O) groups excluding carboxylic acids is 2. The highest BCUT2D eigenvalue weighted by molar-refractivity contribution is 7.89. The van der Waals surface area contributed by atoms with E-state index < -0.39 is 28.0 Å². The zero-order chi connectivity index (χ0) is 28.0. The molecule has 0 fully saturated rings. The fourth-order valence-corrected chi connectivity index (χ4v) is 4.43. The van der Waals surface area contributed by atoms with E-state index in [1.54, 1.807) is 73.8 Å². The molecule has 0 unspecified atom stereocenters. The molecule has 4 aromatic carbocycles. The second-order valence-electron chi connectivity index (χ2n) is 8.46. The molecule has 9 nitrogen and oxygen atoms in total. The van der Waals surface area contributed by atoms with Gasteiger partial charge in [-0.2, -0.15) is 0 Å². The first-order valence-electron chi connectivity index (χ1n) is 11.6. The second kappa shape index (κ2) is 11.8. The third-order valence-electron chi connectivity index (χ3n) is 5.49. The van der Waals surface area contributed by atoms with Gasteiger partial charge in [-0.1, -0.05) is 42.5 Å². The Balaban J connectivity index is 1.35. The summed E-state index contributed by atoms with van der Waals surface area (Å²) in [5, 5.41) is 7.90. The van der Waals surface area contributed by atoms with Crippen molar-refractivity contribution in [2.45, 2.75) is 11.4 Å². The molecule has 2 amide bonds. The van der Waals surface area contributed by atoms with E-state index in [0.29, 0.717) is 22.4 Å². The van der Waals surface area contributed by atoms with Gasteiger partial charge in [-0.3, -0.25) is 5.32 Å². The highest BCUT2D eigenvalue weighted by Crippen LogP contribution is 2.28. The molecule has 200 valence electrons. The molecule has 0 radical (unpaired) electrons. The number of anilines is 1.